The molecule has 0 radical (unpaired) electrons. The molecule has 5 nitrogen and oxygen atoms in total. The number of benzene rings is 1. The lowest BCUT2D eigenvalue weighted by Gasteiger charge is -2.25. The fourth-order valence-corrected chi connectivity index (χ4v) is 4.59. The maximum absolute atomic E-state index is 12.7. The Hall–Kier alpha value is -2.18. The van der Waals surface area contributed by atoms with E-state index in [0.29, 0.717) is 16.9 Å². The molecule has 0 fully saturated rings. The van der Waals surface area contributed by atoms with E-state index in [0.717, 1.165) is 37.8 Å². The summed E-state index contributed by atoms with van der Waals surface area (Å²) in [5.41, 5.74) is 3.88. The maximum atomic E-state index is 12.7. The van der Waals surface area contributed by atoms with Crippen molar-refractivity contribution in [1.82, 2.24) is 9.55 Å². The van der Waals surface area contributed by atoms with Crippen molar-refractivity contribution in [2.75, 3.05) is 6.54 Å². The summed E-state index contributed by atoms with van der Waals surface area (Å²) < 4.78 is 1.98. The highest BCUT2D eigenvalue weighted by Crippen LogP contribution is 2.29. The van der Waals surface area contributed by atoms with Gasteiger partial charge in [0.15, 0.2) is 4.77 Å². The number of nitrogens with two attached hydrogens (primary N) is 1. The van der Waals surface area contributed by atoms with Gasteiger partial charge in [-0.25, -0.2) is 0 Å². The second kappa shape index (κ2) is 7.82. The summed E-state index contributed by atoms with van der Waals surface area (Å²) >= 11 is 5.35. The second-order valence-electron chi connectivity index (χ2n) is 7.46. The van der Waals surface area contributed by atoms with Crippen LogP contribution in [0.4, 0.5) is 0 Å². The highest BCUT2D eigenvalue weighted by atomic mass is 32.1. The van der Waals surface area contributed by atoms with Crippen LogP contribution in [0.25, 0.3) is 0 Å². The molecule has 6 heteroatoms. The van der Waals surface area contributed by atoms with Gasteiger partial charge in [-0.05, 0) is 49.9 Å². The smallest absolute Gasteiger partial charge is 0.265 e. The summed E-state index contributed by atoms with van der Waals surface area (Å²) in [4.78, 5) is 15.5. The molecule has 0 amide bonds. The zero-order chi connectivity index (χ0) is 18.8. The van der Waals surface area contributed by atoms with E-state index in [1.54, 1.807) is 4.57 Å². The second-order valence-corrected chi connectivity index (χ2v) is 7.84. The van der Waals surface area contributed by atoms with Crippen LogP contribution in [-0.4, -0.2) is 21.2 Å². The summed E-state index contributed by atoms with van der Waals surface area (Å²) in [6, 6.07) is 7.96. The molecule has 1 aliphatic heterocycles. The van der Waals surface area contributed by atoms with Gasteiger partial charge in [0.1, 0.15) is 11.6 Å². The Labute approximate surface area is 163 Å². The normalized spacial score (nSPS) is 19.4. The van der Waals surface area contributed by atoms with Gasteiger partial charge < -0.3 is 10.4 Å². The zero-order valence-electron chi connectivity index (χ0n) is 15.4. The Bertz CT molecular complexity index is 990. The van der Waals surface area contributed by atoms with Gasteiger partial charge in [-0.2, -0.15) is 0 Å². The number of nitrogens with one attached hydrogen (secondary N) is 1. The molecule has 1 aromatic carbocycles. The Kier molecular flexibility index (Phi) is 5.27. The largest absolute Gasteiger partial charge is 0.494 e. The lowest BCUT2D eigenvalue weighted by atomic mass is 9.90. The Morgan fingerprint density at radius 3 is 2.93 bits per heavy atom. The predicted molar refractivity (Wildman–Crippen MR) is 108 cm³/mol. The minimum atomic E-state index is -0.288. The first-order valence-corrected chi connectivity index (χ1v) is 10.2. The number of aromatic hydroxyl groups is 1. The van der Waals surface area contributed by atoms with E-state index >= 15 is 0 Å². The Morgan fingerprint density at radius 2 is 2.11 bits per heavy atom. The molecule has 0 unspecified atom stereocenters. The van der Waals surface area contributed by atoms with Crippen LogP contribution in [0, 0.1) is 4.77 Å². The van der Waals surface area contributed by atoms with Crippen molar-refractivity contribution in [2.24, 2.45) is 0 Å². The summed E-state index contributed by atoms with van der Waals surface area (Å²) in [5, 5.41) is 13.1. The number of H-pyrrole nitrogens is 1. The Balaban J connectivity index is 1.71. The number of hydrogen-bond acceptors (Lipinski definition) is 3. The molecule has 142 valence electrons. The predicted octanol–water partition coefficient (Wildman–Crippen LogP) is 2.71. The van der Waals surface area contributed by atoms with Crippen LogP contribution >= 0.6 is 12.2 Å². The fraction of sp³-hybridized carbons (Fsp3) is 0.429. The molecular weight excluding hydrogens is 358 g/mol. The van der Waals surface area contributed by atoms with Gasteiger partial charge in [0.25, 0.3) is 5.56 Å². The molecule has 27 heavy (non-hydrogen) atoms. The number of hydrogen-bond donors (Lipinski definition) is 3. The molecule has 0 saturated carbocycles. The molecule has 1 atom stereocenters. The summed E-state index contributed by atoms with van der Waals surface area (Å²) in [6.45, 7) is 1.48. The van der Waals surface area contributed by atoms with Crippen molar-refractivity contribution in [3.8, 4) is 5.88 Å². The molecule has 2 aromatic rings. The van der Waals surface area contributed by atoms with Crippen LogP contribution in [0.3, 0.4) is 0 Å². The van der Waals surface area contributed by atoms with Gasteiger partial charge in [0.2, 0.25) is 5.88 Å². The molecule has 0 bridgehead atoms. The van der Waals surface area contributed by atoms with Crippen LogP contribution in [-0.2, 0) is 13.0 Å². The highest BCUT2D eigenvalue weighted by Gasteiger charge is 2.31. The molecule has 0 saturated heterocycles. The standard InChI is InChI=1S/C21H25N3O2S/c25-19-17(18-16-9-5-4-8-15(16)10-12-22-18)20(26)24(21(27)23-19)13-11-14-6-2-1-3-7-14/h4-6,8-9,18,22,26H,1-3,7,10-13H2,(H,23,25,27)/p+1/t18-/m0/s1. The van der Waals surface area contributed by atoms with Crippen LogP contribution in [0.1, 0.15) is 54.8 Å². The van der Waals surface area contributed by atoms with Gasteiger partial charge in [-0.3, -0.25) is 14.3 Å². The first-order valence-electron chi connectivity index (χ1n) is 9.80. The fourth-order valence-electron chi connectivity index (χ4n) is 4.32. The van der Waals surface area contributed by atoms with Crippen LogP contribution < -0.4 is 10.9 Å². The zero-order valence-corrected chi connectivity index (χ0v) is 16.2. The molecule has 2 aliphatic rings. The van der Waals surface area contributed by atoms with Crippen LogP contribution in [0.15, 0.2) is 40.7 Å². The first kappa shape index (κ1) is 18.2. The molecule has 2 heterocycles. The minimum absolute atomic E-state index is 0.0121. The van der Waals surface area contributed by atoms with Gasteiger partial charge in [-0.1, -0.05) is 35.9 Å². The quantitative estimate of drug-likeness (QED) is 0.560. The van der Waals surface area contributed by atoms with Crippen molar-refractivity contribution in [1.29, 1.82) is 0 Å². The van der Waals surface area contributed by atoms with Gasteiger partial charge in [-0.15, -0.1) is 0 Å². The molecule has 4 N–H and O–H groups in total. The van der Waals surface area contributed by atoms with E-state index in [4.69, 9.17) is 12.2 Å². The van der Waals surface area contributed by atoms with Crippen molar-refractivity contribution >= 4 is 12.2 Å². The van der Waals surface area contributed by atoms with Crippen molar-refractivity contribution in [3.63, 3.8) is 0 Å². The lowest BCUT2D eigenvalue weighted by Crippen LogP contribution is -2.87. The summed E-state index contributed by atoms with van der Waals surface area (Å²) in [6.07, 6.45) is 8.88. The molecule has 4 rings (SSSR count). The van der Waals surface area contributed by atoms with Crippen molar-refractivity contribution in [2.45, 2.75) is 51.1 Å². The summed E-state index contributed by atoms with van der Waals surface area (Å²) in [7, 11) is 0. The SMILES string of the molecule is O=c1[nH]c(=S)n(CCC2=CCCCC2)c(O)c1[C@H]1[NH2+]CCc2ccccc21. The van der Waals surface area contributed by atoms with Gasteiger partial charge >= 0.3 is 0 Å². The third-order valence-electron chi connectivity index (χ3n) is 5.77. The van der Waals surface area contributed by atoms with E-state index in [1.807, 2.05) is 18.2 Å². The molecule has 1 aliphatic carbocycles. The number of rotatable bonds is 4. The average Bonchev–Trinajstić information content (AvgIpc) is 2.68. The van der Waals surface area contributed by atoms with Crippen LogP contribution in [0.5, 0.6) is 5.88 Å². The Morgan fingerprint density at radius 1 is 1.26 bits per heavy atom. The number of quaternary nitrogens is 1. The van der Waals surface area contributed by atoms with Crippen LogP contribution in [0.2, 0.25) is 0 Å². The number of fused-ring (bicyclic) bond motifs is 1. The number of allylic oxidation sites excluding steroid dienone is 2. The van der Waals surface area contributed by atoms with E-state index in [1.165, 1.54) is 24.0 Å². The van der Waals surface area contributed by atoms with Crippen molar-refractivity contribution < 1.29 is 10.4 Å². The topological polar surface area (TPSA) is 74.6 Å². The van der Waals surface area contributed by atoms with E-state index < -0.39 is 0 Å². The number of aromatic nitrogens is 2. The van der Waals surface area contributed by atoms with Crippen molar-refractivity contribution in [3.05, 3.63) is 67.7 Å². The highest BCUT2D eigenvalue weighted by molar-refractivity contribution is 7.71. The first-order chi connectivity index (χ1) is 13.1. The molecule has 1 aromatic heterocycles. The van der Waals surface area contributed by atoms with Gasteiger partial charge in [0, 0.05) is 18.5 Å². The third-order valence-corrected chi connectivity index (χ3v) is 6.09. The molecular formula is C21H26N3O2S+. The monoisotopic (exact) mass is 384 g/mol. The average molecular weight is 385 g/mol. The van der Waals surface area contributed by atoms with E-state index in [2.05, 4.69) is 22.4 Å². The van der Waals surface area contributed by atoms with Gasteiger partial charge in [0.05, 0.1) is 6.54 Å². The molecule has 0 spiro atoms. The third kappa shape index (κ3) is 3.64. The van der Waals surface area contributed by atoms with E-state index in [9.17, 15) is 9.90 Å². The number of nitrogens with zero attached hydrogens (tertiary/aromatic N) is 1. The number of aromatic amines is 1. The summed E-state index contributed by atoms with van der Waals surface area (Å²) in [5.74, 6) is 0.0121. The van der Waals surface area contributed by atoms with E-state index in [-0.39, 0.29) is 17.5 Å². The lowest BCUT2D eigenvalue weighted by molar-refractivity contribution is -0.690. The maximum Gasteiger partial charge on any atom is 0.265 e. The minimum Gasteiger partial charge on any atom is -0.494 e.